The second kappa shape index (κ2) is 17.7. The highest BCUT2D eigenvalue weighted by Gasteiger charge is 2.33. The first kappa shape index (κ1) is 38.6. The molecule has 2 heterocycles. The van der Waals surface area contributed by atoms with Gasteiger partial charge in [0, 0.05) is 49.7 Å². The molecule has 4 rings (SSSR count). The van der Waals surface area contributed by atoms with Crippen LogP contribution in [0, 0.1) is 11.8 Å². The third-order valence-corrected chi connectivity index (χ3v) is 9.75. The Morgan fingerprint density at radius 2 is 1.08 bits per heavy atom. The maximum absolute atomic E-state index is 12.8. The van der Waals surface area contributed by atoms with E-state index in [2.05, 4.69) is 21.3 Å². The van der Waals surface area contributed by atoms with E-state index in [1.54, 1.807) is 0 Å². The van der Waals surface area contributed by atoms with Gasteiger partial charge in [-0.15, -0.1) is 0 Å². The van der Waals surface area contributed by atoms with Crippen LogP contribution in [0.1, 0.15) is 77.3 Å². The Kier molecular flexibility index (Phi) is 13.7. The molecule has 0 unspecified atom stereocenters. The fourth-order valence-electron chi connectivity index (χ4n) is 7.29. The quantitative estimate of drug-likeness (QED) is 0.174. The van der Waals surface area contributed by atoms with Crippen LogP contribution in [0.4, 0.5) is 22.7 Å². The number of amides is 4. The zero-order chi connectivity index (χ0) is 36.5. The SMILES string of the molecule is CC(C)[C@H]1C(=O)N[C@H](CO)Cc2cc(NC(=O)CCCCCCC(=O)Nc3ccc4c(c3)C[C@@H](CO)NC(=O)[C@H](C(C)C)N4C)ccc2N1C. The fraction of sp³-hybridized carbons (Fsp3) is 0.579. The number of benzene rings is 2. The summed E-state index contributed by atoms with van der Waals surface area (Å²) in [5.74, 6) is -0.236. The van der Waals surface area contributed by atoms with Crippen LogP contribution < -0.4 is 31.1 Å². The Balaban J connectivity index is 1.23. The molecule has 2 aliphatic heterocycles. The van der Waals surface area contributed by atoms with Gasteiger partial charge in [-0.05, 0) is 85.0 Å². The van der Waals surface area contributed by atoms with Gasteiger partial charge < -0.3 is 41.3 Å². The van der Waals surface area contributed by atoms with Crippen LogP contribution in [-0.2, 0) is 32.0 Å². The van der Waals surface area contributed by atoms with E-state index < -0.39 is 12.1 Å². The molecule has 0 spiro atoms. The molecule has 274 valence electrons. The highest BCUT2D eigenvalue weighted by Crippen LogP contribution is 2.31. The summed E-state index contributed by atoms with van der Waals surface area (Å²) in [5, 5.41) is 31.7. The van der Waals surface area contributed by atoms with Crippen molar-refractivity contribution >= 4 is 46.4 Å². The monoisotopic (exact) mass is 692 g/mol. The number of fused-ring (bicyclic) bond motifs is 2. The fourth-order valence-corrected chi connectivity index (χ4v) is 7.29. The second-order valence-corrected chi connectivity index (χ2v) is 14.5. The molecule has 0 aliphatic carbocycles. The summed E-state index contributed by atoms with van der Waals surface area (Å²) >= 11 is 0. The molecule has 50 heavy (non-hydrogen) atoms. The smallest absolute Gasteiger partial charge is 0.243 e. The van der Waals surface area contributed by atoms with Gasteiger partial charge in [0.15, 0.2) is 0 Å². The van der Waals surface area contributed by atoms with E-state index in [0.29, 0.717) is 49.9 Å². The molecular formula is C38H56N6O6. The Morgan fingerprint density at radius 3 is 1.42 bits per heavy atom. The molecule has 0 radical (unpaired) electrons. The topological polar surface area (TPSA) is 163 Å². The molecule has 2 aromatic rings. The van der Waals surface area contributed by atoms with Gasteiger partial charge in [-0.2, -0.15) is 0 Å². The maximum atomic E-state index is 12.8. The number of likely N-dealkylation sites (N-methyl/N-ethyl adjacent to an activating group) is 2. The standard InChI is InChI=1S/C38H56N6O6/c1-23(2)35-37(49)41-29(21-45)19-25-17-27(13-15-31(25)43(35)5)39-33(47)11-9-7-8-10-12-34(48)40-28-14-16-32-26(18-28)20-30(22-46)42-38(50)36(24(3)4)44(32)6/h13-18,23-24,29-30,35-36,45-46H,7-12,19-22H2,1-6H3,(H,39,47)(H,40,48)(H,41,49)(H,42,50)/t29-,30-,35-,36-/m0/s1. The van der Waals surface area contributed by atoms with Gasteiger partial charge in [0.2, 0.25) is 23.6 Å². The predicted molar refractivity (Wildman–Crippen MR) is 197 cm³/mol. The number of carbonyl (C=O) groups is 4. The summed E-state index contributed by atoms with van der Waals surface area (Å²) < 4.78 is 0. The number of hydrogen-bond donors (Lipinski definition) is 6. The van der Waals surface area contributed by atoms with E-state index in [9.17, 15) is 29.4 Å². The Bertz CT molecular complexity index is 1400. The summed E-state index contributed by atoms with van der Waals surface area (Å²) in [6, 6.07) is 9.86. The minimum atomic E-state index is -0.401. The minimum Gasteiger partial charge on any atom is -0.394 e. The molecule has 0 bridgehead atoms. The van der Waals surface area contributed by atoms with E-state index >= 15 is 0 Å². The van der Waals surface area contributed by atoms with Gasteiger partial charge in [0.05, 0.1) is 25.3 Å². The first-order chi connectivity index (χ1) is 23.8. The van der Waals surface area contributed by atoms with Crippen LogP contribution in [0.25, 0.3) is 0 Å². The zero-order valence-corrected chi connectivity index (χ0v) is 30.4. The van der Waals surface area contributed by atoms with Gasteiger partial charge in [-0.1, -0.05) is 40.5 Å². The van der Waals surface area contributed by atoms with E-state index in [1.807, 2.05) is 88.0 Å². The average molecular weight is 693 g/mol. The average Bonchev–Trinajstić information content (AvgIpc) is 3.04. The largest absolute Gasteiger partial charge is 0.394 e. The van der Waals surface area contributed by atoms with Gasteiger partial charge in [0.1, 0.15) is 12.1 Å². The number of rotatable bonds is 13. The number of hydrogen-bond acceptors (Lipinski definition) is 8. The summed E-state index contributed by atoms with van der Waals surface area (Å²) in [5.41, 5.74) is 5.08. The van der Waals surface area contributed by atoms with Crippen molar-refractivity contribution in [3.05, 3.63) is 47.5 Å². The van der Waals surface area contributed by atoms with Gasteiger partial charge in [-0.25, -0.2) is 0 Å². The van der Waals surface area contributed by atoms with Crippen molar-refractivity contribution in [2.24, 2.45) is 11.8 Å². The van der Waals surface area contributed by atoms with Crippen LogP contribution in [0.3, 0.4) is 0 Å². The number of aliphatic hydroxyl groups is 2. The van der Waals surface area contributed by atoms with Crippen molar-refractivity contribution in [3.63, 3.8) is 0 Å². The second-order valence-electron chi connectivity index (χ2n) is 14.5. The molecule has 2 aliphatic rings. The van der Waals surface area contributed by atoms with Crippen LogP contribution in [0.15, 0.2) is 36.4 Å². The number of nitrogens with zero attached hydrogens (tertiary/aromatic N) is 2. The molecule has 4 atom stereocenters. The van der Waals surface area contributed by atoms with Crippen molar-refractivity contribution in [1.29, 1.82) is 0 Å². The number of unbranched alkanes of at least 4 members (excludes halogenated alkanes) is 3. The lowest BCUT2D eigenvalue weighted by Crippen LogP contribution is -2.54. The summed E-state index contributed by atoms with van der Waals surface area (Å²) in [7, 11) is 3.80. The zero-order valence-electron chi connectivity index (χ0n) is 30.4. The Morgan fingerprint density at radius 1 is 0.700 bits per heavy atom. The Labute approximate surface area is 296 Å². The lowest BCUT2D eigenvalue weighted by Gasteiger charge is -2.37. The summed E-state index contributed by atoms with van der Waals surface area (Å²) in [6.45, 7) is 7.65. The van der Waals surface area contributed by atoms with Crippen molar-refractivity contribution in [1.82, 2.24) is 10.6 Å². The van der Waals surface area contributed by atoms with Gasteiger partial charge in [0.25, 0.3) is 0 Å². The molecule has 2 aromatic carbocycles. The number of anilines is 4. The van der Waals surface area contributed by atoms with E-state index in [0.717, 1.165) is 35.3 Å². The Hall–Kier alpha value is -4.16. The van der Waals surface area contributed by atoms with Crippen LogP contribution in [0.2, 0.25) is 0 Å². The maximum Gasteiger partial charge on any atom is 0.243 e. The first-order valence-electron chi connectivity index (χ1n) is 18.0. The number of nitrogens with one attached hydrogen (secondary N) is 4. The molecule has 0 fully saturated rings. The molecule has 0 saturated carbocycles. The van der Waals surface area contributed by atoms with E-state index in [-0.39, 0.29) is 60.8 Å². The lowest BCUT2D eigenvalue weighted by atomic mass is 9.95. The first-order valence-corrected chi connectivity index (χ1v) is 18.0. The van der Waals surface area contributed by atoms with Crippen LogP contribution in [0.5, 0.6) is 0 Å². The summed E-state index contributed by atoms with van der Waals surface area (Å²) in [6.07, 6.45) is 4.69. The van der Waals surface area contributed by atoms with Crippen molar-refractivity contribution < 1.29 is 29.4 Å². The third-order valence-electron chi connectivity index (χ3n) is 9.75. The normalized spacial score (nSPS) is 20.9. The van der Waals surface area contributed by atoms with Gasteiger partial charge >= 0.3 is 0 Å². The molecular weight excluding hydrogens is 636 g/mol. The number of aliphatic hydroxyl groups excluding tert-OH is 2. The minimum absolute atomic E-state index is 0.0668. The van der Waals surface area contributed by atoms with E-state index in [4.69, 9.17) is 0 Å². The van der Waals surface area contributed by atoms with Gasteiger partial charge in [-0.3, -0.25) is 19.2 Å². The highest BCUT2D eigenvalue weighted by molar-refractivity contribution is 5.93. The molecule has 0 aromatic heterocycles. The number of carbonyl (C=O) groups excluding carboxylic acids is 4. The van der Waals surface area contributed by atoms with Crippen molar-refractivity contribution in [2.75, 3.05) is 47.7 Å². The molecule has 6 N–H and O–H groups in total. The molecule has 12 nitrogen and oxygen atoms in total. The van der Waals surface area contributed by atoms with Crippen LogP contribution >= 0.6 is 0 Å². The summed E-state index contributed by atoms with van der Waals surface area (Å²) in [4.78, 5) is 55.2. The molecule has 0 saturated heterocycles. The van der Waals surface area contributed by atoms with Crippen LogP contribution in [-0.4, -0.2) is 85.3 Å². The van der Waals surface area contributed by atoms with Crippen molar-refractivity contribution in [3.8, 4) is 0 Å². The van der Waals surface area contributed by atoms with Crippen molar-refractivity contribution in [2.45, 2.75) is 103 Å². The lowest BCUT2D eigenvalue weighted by molar-refractivity contribution is -0.125. The highest BCUT2D eigenvalue weighted by atomic mass is 16.3. The predicted octanol–water partition coefficient (Wildman–Crippen LogP) is 3.59. The molecule has 12 heteroatoms. The molecule has 4 amide bonds. The third kappa shape index (κ3) is 9.75. The van der Waals surface area contributed by atoms with E-state index in [1.165, 1.54) is 0 Å².